The minimum Gasteiger partial charge on any atom is -0.461 e. The number of nitrogens with zero attached hydrogens (tertiary/aromatic N) is 2. The van der Waals surface area contributed by atoms with Crippen molar-refractivity contribution in [2.45, 2.75) is 18.9 Å². The van der Waals surface area contributed by atoms with Gasteiger partial charge < -0.3 is 19.4 Å². The van der Waals surface area contributed by atoms with Crippen LogP contribution in [0.4, 0.5) is 0 Å². The molecule has 2 unspecified atom stereocenters. The van der Waals surface area contributed by atoms with Crippen LogP contribution in [0.5, 0.6) is 0 Å². The molecular formula is C11H13N3O3. The van der Waals surface area contributed by atoms with Crippen LogP contribution in [0.15, 0.2) is 21.3 Å². The summed E-state index contributed by atoms with van der Waals surface area (Å²) in [5.41, 5.74) is 6.87. The average Bonchev–Trinajstić information content (AvgIpc) is 2.97. The molecule has 6 heteroatoms. The van der Waals surface area contributed by atoms with Gasteiger partial charge >= 0.3 is 0 Å². The van der Waals surface area contributed by atoms with Crippen LogP contribution in [0.25, 0.3) is 11.6 Å². The molecule has 0 spiro atoms. The summed E-state index contributed by atoms with van der Waals surface area (Å²) >= 11 is 0. The standard InChI is InChI=1S/C11H13N3O3/c1-6-2-3-16-9(6)10-13-11(17-14-10)7-4-15-5-8(7)12/h2-3,7-8H,4-5,12H2,1H3. The Morgan fingerprint density at radius 3 is 2.94 bits per heavy atom. The van der Waals surface area contributed by atoms with E-state index < -0.39 is 0 Å². The van der Waals surface area contributed by atoms with Gasteiger partial charge in [-0.1, -0.05) is 5.16 Å². The first kappa shape index (κ1) is 10.5. The number of hydrogen-bond donors (Lipinski definition) is 1. The van der Waals surface area contributed by atoms with Crippen LogP contribution in [-0.4, -0.2) is 29.4 Å². The van der Waals surface area contributed by atoms with Gasteiger partial charge in [0.15, 0.2) is 5.76 Å². The number of aromatic nitrogens is 2. The van der Waals surface area contributed by atoms with Gasteiger partial charge in [-0.15, -0.1) is 0 Å². The molecule has 1 aliphatic rings. The molecule has 1 saturated heterocycles. The molecule has 17 heavy (non-hydrogen) atoms. The Labute approximate surface area is 97.7 Å². The van der Waals surface area contributed by atoms with Crippen LogP contribution < -0.4 is 5.73 Å². The van der Waals surface area contributed by atoms with E-state index in [4.69, 9.17) is 19.4 Å². The molecule has 0 radical (unpaired) electrons. The lowest BCUT2D eigenvalue weighted by Crippen LogP contribution is -2.26. The third-order valence-corrected chi connectivity index (χ3v) is 2.95. The van der Waals surface area contributed by atoms with Gasteiger partial charge in [-0.3, -0.25) is 0 Å². The van der Waals surface area contributed by atoms with E-state index in [0.29, 0.717) is 30.7 Å². The lowest BCUT2D eigenvalue weighted by molar-refractivity contribution is 0.187. The quantitative estimate of drug-likeness (QED) is 0.838. The van der Waals surface area contributed by atoms with Crippen LogP contribution in [0, 0.1) is 6.92 Å². The molecule has 6 nitrogen and oxygen atoms in total. The number of rotatable bonds is 2. The van der Waals surface area contributed by atoms with Crippen molar-refractivity contribution in [3.63, 3.8) is 0 Å². The number of nitrogens with two attached hydrogens (primary N) is 1. The zero-order valence-corrected chi connectivity index (χ0v) is 9.42. The maximum absolute atomic E-state index is 5.89. The molecule has 90 valence electrons. The van der Waals surface area contributed by atoms with Crippen LogP contribution >= 0.6 is 0 Å². The molecular weight excluding hydrogens is 222 g/mol. The predicted octanol–water partition coefficient (Wildman–Crippen LogP) is 1.08. The summed E-state index contributed by atoms with van der Waals surface area (Å²) in [5, 5.41) is 3.91. The highest BCUT2D eigenvalue weighted by Gasteiger charge is 2.31. The van der Waals surface area contributed by atoms with Crippen LogP contribution in [-0.2, 0) is 4.74 Å². The average molecular weight is 235 g/mol. The molecule has 0 aliphatic carbocycles. The van der Waals surface area contributed by atoms with Crippen molar-refractivity contribution in [2.75, 3.05) is 13.2 Å². The Bertz CT molecular complexity index is 520. The summed E-state index contributed by atoms with van der Waals surface area (Å²) in [6, 6.07) is 1.77. The zero-order valence-electron chi connectivity index (χ0n) is 9.42. The lowest BCUT2D eigenvalue weighted by atomic mass is 10.1. The SMILES string of the molecule is Cc1ccoc1-c1noc(C2COCC2N)n1. The van der Waals surface area contributed by atoms with Gasteiger partial charge in [0.2, 0.25) is 11.7 Å². The first-order valence-electron chi connectivity index (χ1n) is 5.47. The van der Waals surface area contributed by atoms with Crippen molar-refractivity contribution in [3.05, 3.63) is 23.8 Å². The van der Waals surface area contributed by atoms with E-state index in [2.05, 4.69) is 10.1 Å². The molecule has 3 heterocycles. The Balaban J connectivity index is 1.90. The summed E-state index contributed by atoms with van der Waals surface area (Å²) in [4.78, 5) is 4.31. The summed E-state index contributed by atoms with van der Waals surface area (Å²) in [6.07, 6.45) is 1.60. The molecule has 0 saturated carbocycles. The zero-order chi connectivity index (χ0) is 11.8. The Morgan fingerprint density at radius 1 is 1.41 bits per heavy atom. The molecule has 2 atom stereocenters. The van der Waals surface area contributed by atoms with Gasteiger partial charge in [0.05, 0.1) is 25.4 Å². The first-order chi connectivity index (χ1) is 8.25. The fraction of sp³-hybridized carbons (Fsp3) is 0.455. The molecule has 0 amide bonds. The Kier molecular flexibility index (Phi) is 2.45. The summed E-state index contributed by atoms with van der Waals surface area (Å²) in [5.74, 6) is 1.58. The van der Waals surface area contributed by atoms with Crippen molar-refractivity contribution in [1.82, 2.24) is 10.1 Å². The van der Waals surface area contributed by atoms with Crippen LogP contribution in [0.1, 0.15) is 17.4 Å². The normalized spacial score (nSPS) is 24.4. The van der Waals surface area contributed by atoms with Gasteiger partial charge in [-0.2, -0.15) is 4.98 Å². The smallest absolute Gasteiger partial charge is 0.238 e. The van der Waals surface area contributed by atoms with Gasteiger partial charge in [0.1, 0.15) is 0 Å². The number of hydrogen-bond acceptors (Lipinski definition) is 6. The fourth-order valence-corrected chi connectivity index (χ4v) is 1.91. The second-order valence-electron chi connectivity index (χ2n) is 4.20. The second-order valence-corrected chi connectivity index (χ2v) is 4.20. The number of aryl methyl sites for hydroxylation is 1. The molecule has 2 aromatic rings. The summed E-state index contributed by atoms with van der Waals surface area (Å²) in [6.45, 7) is 2.99. The van der Waals surface area contributed by atoms with Crippen molar-refractivity contribution in [2.24, 2.45) is 5.73 Å². The van der Waals surface area contributed by atoms with Gasteiger partial charge in [-0.05, 0) is 18.6 Å². The Hall–Kier alpha value is -1.66. The van der Waals surface area contributed by atoms with E-state index in [-0.39, 0.29) is 12.0 Å². The minimum atomic E-state index is -0.0824. The number of ether oxygens (including phenoxy) is 1. The number of furan rings is 1. The minimum absolute atomic E-state index is 0.0217. The summed E-state index contributed by atoms with van der Waals surface area (Å²) in [7, 11) is 0. The lowest BCUT2D eigenvalue weighted by Gasteiger charge is -2.05. The maximum atomic E-state index is 5.89. The van der Waals surface area contributed by atoms with E-state index in [1.807, 2.05) is 13.0 Å². The molecule has 1 fully saturated rings. The van der Waals surface area contributed by atoms with E-state index in [9.17, 15) is 0 Å². The van der Waals surface area contributed by atoms with Crippen molar-refractivity contribution < 1.29 is 13.7 Å². The van der Waals surface area contributed by atoms with E-state index in [1.54, 1.807) is 6.26 Å². The molecule has 0 aromatic carbocycles. The highest BCUT2D eigenvalue weighted by Crippen LogP contribution is 2.27. The van der Waals surface area contributed by atoms with Crippen molar-refractivity contribution in [1.29, 1.82) is 0 Å². The maximum Gasteiger partial charge on any atom is 0.238 e. The monoisotopic (exact) mass is 235 g/mol. The van der Waals surface area contributed by atoms with E-state index >= 15 is 0 Å². The topological polar surface area (TPSA) is 87.3 Å². The second kappa shape index (κ2) is 3.97. The predicted molar refractivity (Wildman–Crippen MR) is 58.3 cm³/mol. The van der Waals surface area contributed by atoms with Crippen LogP contribution in [0.2, 0.25) is 0 Å². The largest absolute Gasteiger partial charge is 0.461 e. The van der Waals surface area contributed by atoms with Gasteiger partial charge in [0.25, 0.3) is 0 Å². The molecule has 1 aliphatic heterocycles. The van der Waals surface area contributed by atoms with Gasteiger partial charge in [-0.25, -0.2) is 0 Å². The third-order valence-electron chi connectivity index (χ3n) is 2.95. The van der Waals surface area contributed by atoms with Gasteiger partial charge in [0, 0.05) is 6.04 Å². The van der Waals surface area contributed by atoms with Crippen molar-refractivity contribution in [3.8, 4) is 11.6 Å². The summed E-state index contributed by atoms with van der Waals surface area (Å²) < 4.78 is 15.8. The fourth-order valence-electron chi connectivity index (χ4n) is 1.91. The molecule has 2 aromatic heterocycles. The highest BCUT2D eigenvalue weighted by atomic mass is 16.5. The molecule has 3 rings (SSSR count). The van der Waals surface area contributed by atoms with Crippen LogP contribution in [0.3, 0.4) is 0 Å². The highest BCUT2D eigenvalue weighted by molar-refractivity contribution is 5.51. The Morgan fingerprint density at radius 2 is 2.29 bits per heavy atom. The first-order valence-corrected chi connectivity index (χ1v) is 5.47. The van der Waals surface area contributed by atoms with E-state index in [0.717, 1.165) is 5.56 Å². The molecule has 0 bridgehead atoms. The van der Waals surface area contributed by atoms with E-state index in [1.165, 1.54) is 0 Å². The van der Waals surface area contributed by atoms with Crippen molar-refractivity contribution >= 4 is 0 Å². The third kappa shape index (κ3) is 1.75. The molecule has 2 N–H and O–H groups in total.